The quantitative estimate of drug-likeness (QED) is 0.527. The number of aliphatic hydroxyl groups excluding tert-OH is 2. The van der Waals surface area contributed by atoms with Crippen LogP contribution >= 0.6 is 0 Å². The lowest BCUT2D eigenvalue weighted by Crippen LogP contribution is -2.39. The highest BCUT2D eigenvalue weighted by Gasteiger charge is 2.21. The third-order valence-corrected chi connectivity index (χ3v) is 5.35. The summed E-state index contributed by atoms with van der Waals surface area (Å²) < 4.78 is 0. The van der Waals surface area contributed by atoms with Gasteiger partial charge in [0.1, 0.15) is 6.61 Å². The number of carbonyl (C=O) groups excluding carboxylic acids is 1. The van der Waals surface area contributed by atoms with Crippen LogP contribution in [-0.2, 0) is 11.2 Å². The Hall–Kier alpha value is -3.15. The number of nitrogens with one attached hydrogen (secondary N) is 1. The van der Waals surface area contributed by atoms with Crippen molar-refractivity contribution in [2.75, 3.05) is 26.3 Å². The van der Waals surface area contributed by atoms with Crippen molar-refractivity contribution < 1.29 is 20.1 Å². The number of carbonyl (C=O) groups is 1. The van der Waals surface area contributed by atoms with Crippen LogP contribution in [0.4, 0.5) is 0 Å². The Morgan fingerprint density at radius 3 is 2.57 bits per heavy atom. The molecule has 1 saturated heterocycles. The van der Waals surface area contributed by atoms with Crippen molar-refractivity contribution in [3.63, 3.8) is 0 Å². The number of amides is 1. The second kappa shape index (κ2) is 10.1. The molecule has 3 rings (SSSR count). The molecule has 30 heavy (non-hydrogen) atoms. The highest BCUT2D eigenvalue weighted by molar-refractivity contribution is 5.77. The van der Waals surface area contributed by atoms with Gasteiger partial charge in [-0.1, -0.05) is 24.0 Å². The molecule has 1 fully saturated rings. The summed E-state index contributed by atoms with van der Waals surface area (Å²) in [6, 6.07) is 7.50. The van der Waals surface area contributed by atoms with Crippen molar-refractivity contribution in [3.8, 4) is 17.6 Å². The molecule has 1 aliphatic rings. The number of aromatic amines is 1. The standard InChI is InChI=1S/C22H25N3O5/c26-12-18(11-19-21(29)22(30)24-14-23-19)17-5-3-15(4-6-17)1-2-16-7-9-25(10-8-16)20(28)13-27/h3-6,14,16,18,26-27,29H,7-13H2,(H,23,24,30). The van der Waals surface area contributed by atoms with Crippen LogP contribution in [0, 0.1) is 17.8 Å². The molecule has 2 heterocycles. The maximum absolute atomic E-state index is 11.5. The van der Waals surface area contributed by atoms with Crippen LogP contribution in [0.5, 0.6) is 5.75 Å². The average Bonchev–Trinajstić information content (AvgIpc) is 2.79. The van der Waals surface area contributed by atoms with E-state index in [-0.39, 0.29) is 36.5 Å². The van der Waals surface area contributed by atoms with Gasteiger partial charge in [0.2, 0.25) is 11.7 Å². The maximum atomic E-state index is 11.5. The molecule has 4 N–H and O–H groups in total. The van der Waals surface area contributed by atoms with Gasteiger partial charge < -0.3 is 25.2 Å². The number of nitrogens with zero attached hydrogens (tertiary/aromatic N) is 2. The summed E-state index contributed by atoms with van der Waals surface area (Å²) >= 11 is 0. The zero-order valence-electron chi connectivity index (χ0n) is 16.5. The molecule has 1 atom stereocenters. The zero-order chi connectivity index (χ0) is 21.5. The lowest BCUT2D eigenvalue weighted by atomic mass is 9.93. The van der Waals surface area contributed by atoms with Crippen molar-refractivity contribution in [1.29, 1.82) is 0 Å². The van der Waals surface area contributed by atoms with Gasteiger partial charge in [-0.05, 0) is 30.5 Å². The molecule has 1 unspecified atom stereocenters. The average molecular weight is 411 g/mol. The first-order valence-corrected chi connectivity index (χ1v) is 9.88. The SMILES string of the molecule is O=C(CO)N1CCC(C#Cc2ccc(C(CO)Cc3nc[nH]c(=O)c3O)cc2)CC1. The first-order valence-electron chi connectivity index (χ1n) is 9.88. The Labute approximate surface area is 174 Å². The number of aromatic hydroxyl groups is 1. The fourth-order valence-electron chi connectivity index (χ4n) is 3.50. The van der Waals surface area contributed by atoms with E-state index in [9.17, 15) is 19.8 Å². The third kappa shape index (κ3) is 5.26. The minimum atomic E-state index is -0.603. The normalized spacial score (nSPS) is 15.3. The minimum absolute atomic E-state index is 0.149. The van der Waals surface area contributed by atoms with E-state index in [1.54, 1.807) is 4.90 Å². The van der Waals surface area contributed by atoms with Crippen molar-refractivity contribution in [2.45, 2.75) is 25.2 Å². The predicted octanol–water partition coefficient (Wildman–Crippen LogP) is 0.376. The van der Waals surface area contributed by atoms with Crippen LogP contribution in [0.1, 0.15) is 35.6 Å². The number of likely N-dealkylation sites (tertiary alicyclic amines) is 1. The molecule has 0 bridgehead atoms. The zero-order valence-corrected chi connectivity index (χ0v) is 16.5. The Morgan fingerprint density at radius 2 is 1.93 bits per heavy atom. The van der Waals surface area contributed by atoms with Crippen LogP contribution in [0.15, 0.2) is 35.4 Å². The number of hydrogen-bond acceptors (Lipinski definition) is 6. The number of rotatable bonds is 5. The van der Waals surface area contributed by atoms with Crippen molar-refractivity contribution in [3.05, 3.63) is 57.8 Å². The summed E-state index contributed by atoms with van der Waals surface area (Å²) in [5, 5.41) is 28.5. The summed E-state index contributed by atoms with van der Waals surface area (Å²) in [5.74, 6) is 5.65. The molecule has 1 amide bonds. The number of H-pyrrole nitrogens is 1. The summed E-state index contributed by atoms with van der Waals surface area (Å²) in [7, 11) is 0. The van der Waals surface area contributed by atoms with Crippen molar-refractivity contribution in [2.24, 2.45) is 5.92 Å². The fraction of sp³-hybridized carbons (Fsp3) is 0.409. The fourth-order valence-corrected chi connectivity index (χ4v) is 3.50. The lowest BCUT2D eigenvalue weighted by molar-refractivity contribution is -0.135. The second-order valence-electron chi connectivity index (χ2n) is 7.32. The number of aromatic nitrogens is 2. The molecule has 0 saturated carbocycles. The molecule has 0 spiro atoms. The predicted molar refractivity (Wildman–Crippen MR) is 110 cm³/mol. The van der Waals surface area contributed by atoms with Crippen molar-refractivity contribution >= 4 is 5.91 Å². The molecular formula is C22H25N3O5. The largest absolute Gasteiger partial charge is 0.502 e. The van der Waals surface area contributed by atoms with Gasteiger partial charge in [0.05, 0.1) is 18.6 Å². The van der Waals surface area contributed by atoms with E-state index >= 15 is 0 Å². The van der Waals surface area contributed by atoms with Gasteiger partial charge in [-0.2, -0.15) is 0 Å². The topological polar surface area (TPSA) is 127 Å². The number of hydrogen-bond donors (Lipinski definition) is 4. The molecular weight excluding hydrogens is 386 g/mol. The van der Waals surface area contributed by atoms with Gasteiger partial charge in [0.15, 0.2) is 0 Å². The minimum Gasteiger partial charge on any atom is -0.502 e. The van der Waals surface area contributed by atoms with E-state index in [4.69, 9.17) is 5.11 Å². The molecule has 1 aromatic carbocycles. The number of aliphatic hydroxyl groups is 2. The van der Waals surface area contributed by atoms with Gasteiger partial charge in [0, 0.05) is 36.9 Å². The Morgan fingerprint density at radius 1 is 1.23 bits per heavy atom. The summed E-state index contributed by atoms with van der Waals surface area (Å²) in [6.07, 6.45) is 3.04. The van der Waals surface area contributed by atoms with E-state index < -0.39 is 17.9 Å². The molecule has 0 radical (unpaired) electrons. The Kier molecular flexibility index (Phi) is 7.22. The van der Waals surface area contributed by atoms with Crippen LogP contribution in [0.25, 0.3) is 0 Å². The third-order valence-electron chi connectivity index (χ3n) is 5.35. The lowest BCUT2D eigenvalue weighted by Gasteiger charge is -2.29. The van der Waals surface area contributed by atoms with Gasteiger partial charge in [-0.25, -0.2) is 4.98 Å². The maximum Gasteiger partial charge on any atom is 0.293 e. The van der Waals surface area contributed by atoms with Crippen LogP contribution in [0.2, 0.25) is 0 Å². The van der Waals surface area contributed by atoms with Crippen molar-refractivity contribution in [1.82, 2.24) is 14.9 Å². The van der Waals surface area contributed by atoms with E-state index in [0.29, 0.717) is 13.1 Å². The van der Waals surface area contributed by atoms with E-state index in [0.717, 1.165) is 24.0 Å². The van der Waals surface area contributed by atoms with Gasteiger partial charge >= 0.3 is 0 Å². The molecule has 2 aromatic rings. The second-order valence-corrected chi connectivity index (χ2v) is 7.32. The molecule has 158 valence electrons. The molecule has 8 heteroatoms. The molecule has 1 aliphatic heterocycles. The van der Waals surface area contributed by atoms with Gasteiger partial charge in [-0.3, -0.25) is 9.59 Å². The van der Waals surface area contributed by atoms with E-state index in [1.807, 2.05) is 24.3 Å². The highest BCUT2D eigenvalue weighted by Crippen LogP contribution is 2.23. The number of benzene rings is 1. The summed E-state index contributed by atoms with van der Waals surface area (Å²) in [5.41, 5.74) is 1.35. The Balaban J connectivity index is 1.62. The summed E-state index contributed by atoms with van der Waals surface area (Å²) in [6.45, 7) is 0.621. The monoisotopic (exact) mass is 411 g/mol. The highest BCUT2D eigenvalue weighted by atomic mass is 16.3. The molecule has 0 aliphatic carbocycles. The van der Waals surface area contributed by atoms with Gasteiger partial charge in [-0.15, -0.1) is 0 Å². The first-order chi connectivity index (χ1) is 14.5. The van der Waals surface area contributed by atoms with Crippen LogP contribution in [-0.4, -0.2) is 62.4 Å². The van der Waals surface area contributed by atoms with Crippen LogP contribution in [0.3, 0.4) is 0 Å². The molecule has 8 nitrogen and oxygen atoms in total. The Bertz CT molecular complexity index is 982. The van der Waals surface area contributed by atoms with E-state index in [2.05, 4.69) is 21.8 Å². The smallest absolute Gasteiger partial charge is 0.293 e. The van der Waals surface area contributed by atoms with Crippen LogP contribution < -0.4 is 5.56 Å². The summed E-state index contributed by atoms with van der Waals surface area (Å²) in [4.78, 5) is 31.0. The number of piperidine rings is 1. The van der Waals surface area contributed by atoms with E-state index in [1.165, 1.54) is 6.33 Å². The molecule has 1 aromatic heterocycles. The van der Waals surface area contributed by atoms with Gasteiger partial charge in [0.25, 0.3) is 5.56 Å². The first kappa shape index (κ1) is 21.6.